The molecule has 0 aliphatic rings. The number of rotatable bonds is 0. The molecule has 0 aliphatic heterocycles. The summed E-state index contributed by atoms with van der Waals surface area (Å²) in [7, 11) is 0. The van der Waals surface area contributed by atoms with Crippen molar-refractivity contribution in [1.82, 2.24) is 20.4 Å². The number of hydrogen-bond acceptors (Lipinski definition) is 4. The topological polar surface area (TPSA) is 51.6 Å². The molecule has 0 amide bonds. The van der Waals surface area contributed by atoms with Gasteiger partial charge in [-0.15, -0.1) is 0 Å². The van der Waals surface area contributed by atoms with Crippen LogP contribution in [0, 0.1) is 0 Å². The van der Waals surface area contributed by atoms with Crippen LogP contribution in [-0.2, 0) is 0 Å². The van der Waals surface area contributed by atoms with Crippen molar-refractivity contribution in [3.63, 3.8) is 0 Å². The van der Waals surface area contributed by atoms with E-state index < -0.39 is 0 Å². The predicted octanol–water partition coefficient (Wildman–Crippen LogP) is 6.75. The molecule has 8 rings (SSSR count). The fourth-order valence-electron chi connectivity index (χ4n) is 4.87. The average molecular weight is 408 g/mol. The highest BCUT2D eigenvalue weighted by Gasteiger charge is 2.08. The van der Waals surface area contributed by atoms with Crippen molar-refractivity contribution >= 4 is 64.9 Å². The van der Waals surface area contributed by atoms with E-state index in [9.17, 15) is 0 Å². The second-order valence-electron chi connectivity index (χ2n) is 8.08. The van der Waals surface area contributed by atoms with Crippen LogP contribution < -0.4 is 0 Å². The molecule has 148 valence electrons. The molecule has 0 N–H and O–H groups in total. The molecule has 0 saturated carbocycles. The van der Waals surface area contributed by atoms with Crippen molar-refractivity contribution in [3.05, 3.63) is 97.3 Å². The zero-order chi connectivity index (χ0) is 21.1. The van der Waals surface area contributed by atoms with Crippen LogP contribution in [0.4, 0.5) is 0 Å². The van der Waals surface area contributed by atoms with Gasteiger partial charge in [-0.1, -0.05) is 72.8 Å². The molecular formula is C28H16N4. The summed E-state index contributed by atoms with van der Waals surface area (Å²) in [5.41, 5.74) is 1.95. The van der Waals surface area contributed by atoms with Crippen LogP contribution >= 0.6 is 0 Å². The van der Waals surface area contributed by atoms with E-state index in [1.165, 1.54) is 43.1 Å². The Morgan fingerprint density at radius 3 is 1.16 bits per heavy atom. The first-order valence-corrected chi connectivity index (χ1v) is 10.6. The average Bonchev–Trinajstić information content (AvgIpc) is 2.87. The van der Waals surface area contributed by atoms with E-state index in [0.29, 0.717) is 0 Å². The molecule has 0 saturated heterocycles. The van der Waals surface area contributed by atoms with Gasteiger partial charge in [0.1, 0.15) is 0 Å². The summed E-state index contributed by atoms with van der Waals surface area (Å²) in [6, 6.07) is 29.6. The molecule has 2 aromatic heterocycles. The Balaban J connectivity index is 0.000000113. The lowest BCUT2D eigenvalue weighted by atomic mass is 9.98. The van der Waals surface area contributed by atoms with Gasteiger partial charge in [-0.25, -0.2) is 0 Å². The van der Waals surface area contributed by atoms with Crippen LogP contribution in [-0.4, -0.2) is 20.4 Å². The third-order valence-electron chi connectivity index (χ3n) is 6.30. The van der Waals surface area contributed by atoms with E-state index in [1.54, 1.807) is 0 Å². The van der Waals surface area contributed by atoms with Gasteiger partial charge >= 0.3 is 0 Å². The van der Waals surface area contributed by atoms with Crippen LogP contribution in [0.3, 0.4) is 0 Å². The van der Waals surface area contributed by atoms with E-state index in [4.69, 9.17) is 0 Å². The van der Waals surface area contributed by atoms with Crippen LogP contribution in [0.15, 0.2) is 97.3 Å². The first-order valence-electron chi connectivity index (χ1n) is 10.6. The second kappa shape index (κ2) is 6.53. The Bertz CT molecular complexity index is 1490. The lowest BCUT2D eigenvalue weighted by Crippen LogP contribution is -1.87. The molecule has 32 heavy (non-hydrogen) atoms. The Morgan fingerprint density at radius 1 is 0.344 bits per heavy atom. The Morgan fingerprint density at radius 2 is 0.719 bits per heavy atom. The lowest BCUT2D eigenvalue weighted by molar-refractivity contribution is 1.09. The summed E-state index contributed by atoms with van der Waals surface area (Å²) in [6.07, 6.45) is 3.66. The van der Waals surface area contributed by atoms with Crippen molar-refractivity contribution in [2.75, 3.05) is 0 Å². The molecular weight excluding hydrogens is 392 g/mol. The molecule has 0 spiro atoms. The van der Waals surface area contributed by atoms with Gasteiger partial charge in [0.2, 0.25) is 0 Å². The van der Waals surface area contributed by atoms with Crippen molar-refractivity contribution in [1.29, 1.82) is 0 Å². The smallest absolute Gasteiger partial charge is 0.0942 e. The van der Waals surface area contributed by atoms with Crippen LogP contribution in [0.25, 0.3) is 64.9 Å². The number of nitrogens with zero attached hydrogens (tertiary/aromatic N) is 4. The number of hydrogen-bond donors (Lipinski definition) is 0. The minimum atomic E-state index is 0.974. The van der Waals surface area contributed by atoms with E-state index in [1.807, 2.05) is 24.5 Å². The first kappa shape index (κ1) is 17.3. The van der Waals surface area contributed by atoms with Crippen molar-refractivity contribution in [2.45, 2.75) is 0 Å². The maximum atomic E-state index is 4.18. The van der Waals surface area contributed by atoms with Gasteiger partial charge in [-0.05, 0) is 44.5 Å². The fraction of sp³-hybridized carbons (Fsp3) is 0. The minimum absolute atomic E-state index is 0.974. The van der Waals surface area contributed by atoms with Gasteiger partial charge < -0.3 is 0 Å². The van der Waals surface area contributed by atoms with Crippen molar-refractivity contribution in [2.24, 2.45) is 0 Å². The Labute approximate surface area is 182 Å². The standard InChI is InChI=1S/2C14H8N2/c2*1-2-9-4-5-11-8-15-16-12-7-6-10(3-1)13(9)14(11)12/h2*1-8H. The minimum Gasteiger partial charge on any atom is -0.158 e. The largest absolute Gasteiger partial charge is 0.158 e. The van der Waals surface area contributed by atoms with Crippen LogP contribution in [0.5, 0.6) is 0 Å². The van der Waals surface area contributed by atoms with Gasteiger partial charge in [0, 0.05) is 21.5 Å². The molecule has 6 aromatic carbocycles. The zero-order valence-electron chi connectivity index (χ0n) is 17.0. The predicted molar refractivity (Wildman–Crippen MR) is 131 cm³/mol. The molecule has 0 bridgehead atoms. The molecule has 0 fully saturated rings. The van der Waals surface area contributed by atoms with Crippen LogP contribution in [0.1, 0.15) is 0 Å². The molecule has 0 unspecified atom stereocenters. The molecule has 8 aromatic rings. The summed E-state index contributed by atoms with van der Waals surface area (Å²) in [6.45, 7) is 0. The third-order valence-corrected chi connectivity index (χ3v) is 6.30. The Hall–Kier alpha value is -4.44. The molecule has 4 heteroatoms. The molecule has 0 radical (unpaired) electrons. The van der Waals surface area contributed by atoms with Crippen molar-refractivity contribution < 1.29 is 0 Å². The third kappa shape index (κ3) is 2.44. The number of aromatic nitrogens is 4. The summed E-state index contributed by atoms with van der Waals surface area (Å²) < 4.78 is 0. The van der Waals surface area contributed by atoms with E-state index in [0.717, 1.165) is 21.8 Å². The quantitative estimate of drug-likeness (QED) is 0.261. The highest BCUT2D eigenvalue weighted by atomic mass is 15.1. The van der Waals surface area contributed by atoms with Crippen molar-refractivity contribution in [3.8, 4) is 0 Å². The summed E-state index contributed by atoms with van der Waals surface area (Å²) in [5.74, 6) is 0. The fourth-order valence-corrected chi connectivity index (χ4v) is 4.87. The summed E-state index contributed by atoms with van der Waals surface area (Å²) in [5, 5.41) is 28.8. The van der Waals surface area contributed by atoms with E-state index >= 15 is 0 Å². The van der Waals surface area contributed by atoms with Gasteiger partial charge in [-0.2, -0.15) is 20.4 Å². The monoisotopic (exact) mass is 408 g/mol. The molecule has 4 nitrogen and oxygen atoms in total. The van der Waals surface area contributed by atoms with Gasteiger partial charge in [0.25, 0.3) is 0 Å². The number of benzene rings is 6. The zero-order valence-corrected chi connectivity index (χ0v) is 17.0. The summed E-state index contributed by atoms with van der Waals surface area (Å²) in [4.78, 5) is 0. The van der Waals surface area contributed by atoms with Gasteiger partial charge in [-0.3, -0.25) is 0 Å². The maximum Gasteiger partial charge on any atom is 0.0942 e. The SMILES string of the molecule is c1cc2ccc3cnnc4ccc(c1)c2c34.c1cc2ccc3cnnc4ccc(c1)c2c34. The van der Waals surface area contributed by atoms with Gasteiger partial charge in [0.15, 0.2) is 0 Å². The summed E-state index contributed by atoms with van der Waals surface area (Å²) >= 11 is 0. The van der Waals surface area contributed by atoms with Gasteiger partial charge in [0.05, 0.1) is 23.4 Å². The second-order valence-corrected chi connectivity index (χ2v) is 8.08. The van der Waals surface area contributed by atoms with E-state index in [2.05, 4.69) is 93.2 Å². The normalized spacial score (nSPS) is 11.8. The highest BCUT2D eigenvalue weighted by Crippen LogP contribution is 2.33. The Kier molecular flexibility index (Phi) is 3.52. The first-order chi connectivity index (χ1) is 15.9. The van der Waals surface area contributed by atoms with E-state index in [-0.39, 0.29) is 0 Å². The molecule has 0 aliphatic carbocycles. The van der Waals surface area contributed by atoms with Crippen LogP contribution in [0.2, 0.25) is 0 Å². The lowest BCUT2D eigenvalue weighted by Gasteiger charge is -2.08. The maximum absolute atomic E-state index is 4.18. The molecule has 2 heterocycles. The molecule has 0 atom stereocenters. The highest BCUT2D eigenvalue weighted by molar-refractivity contribution is 6.22.